The summed E-state index contributed by atoms with van der Waals surface area (Å²) in [4.78, 5) is 49.9. The van der Waals surface area contributed by atoms with Gasteiger partial charge in [0, 0.05) is 22.7 Å². The summed E-state index contributed by atoms with van der Waals surface area (Å²) in [5.41, 5.74) is 2.73. The number of nitrogens with zero attached hydrogens (tertiary/aromatic N) is 2. The molecule has 1 heterocycles. The van der Waals surface area contributed by atoms with Crippen molar-refractivity contribution in [2.45, 2.75) is 40.7 Å². The van der Waals surface area contributed by atoms with Crippen LogP contribution in [0.2, 0.25) is 0 Å². The molecule has 2 amide bonds. The van der Waals surface area contributed by atoms with Gasteiger partial charge >= 0.3 is 0 Å². The van der Waals surface area contributed by atoms with Gasteiger partial charge in [0.25, 0.3) is 5.56 Å². The van der Waals surface area contributed by atoms with Gasteiger partial charge in [-0.2, -0.15) is 5.10 Å². The smallest absolute Gasteiger partial charge is 0.291 e. The number of benzene rings is 2. The van der Waals surface area contributed by atoms with Crippen LogP contribution >= 0.6 is 0 Å². The first-order valence-corrected chi connectivity index (χ1v) is 11.0. The maximum Gasteiger partial charge on any atom is 0.291 e. The SMILES string of the molecule is CC(=O)c1ccc(NC(=O)C(C)n2nc(-c3ccc(C)cc3)cc(NC(=O)C(C)C)c2=O)cc1. The first-order chi connectivity index (χ1) is 16.1. The van der Waals surface area contributed by atoms with Crippen LogP contribution in [0.3, 0.4) is 0 Å². The number of hydrogen-bond donors (Lipinski definition) is 2. The lowest BCUT2D eigenvalue weighted by Gasteiger charge is -2.17. The van der Waals surface area contributed by atoms with Crippen molar-refractivity contribution < 1.29 is 14.4 Å². The molecule has 2 N–H and O–H groups in total. The molecule has 176 valence electrons. The maximum atomic E-state index is 13.2. The Kier molecular flexibility index (Phi) is 7.40. The van der Waals surface area contributed by atoms with E-state index < -0.39 is 17.5 Å². The highest BCUT2D eigenvalue weighted by Gasteiger charge is 2.22. The quantitative estimate of drug-likeness (QED) is 0.513. The van der Waals surface area contributed by atoms with Crippen molar-refractivity contribution in [1.29, 1.82) is 0 Å². The van der Waals surface area contributed by atoms with Gasteiger partial charge in [-0.3, -0.25) is 19.2 Å². The number of nitrogens with one attached hydrogen (secondary N) is 2. The number of ketones is 1. The third-order valence-corrected chi connectivity index (χ3v) is 5.37. The van der Waals surface area contributed by atoms with E-state index in [1.54, 1.807) is 45.0 Å². The second-order valence-corrected chi connectivity index (χ2v) is 8.50. The molecule has 0 aliphatic heterocycles. The number of hydrogen-bond acceptors (Lipinski definition) is 5. The van der Waals surface area contributed by atoms with Gasteiger partial charge in [-0.25, -0.2) is 4.68 Å². The van der Waals surface area contributed by atoms with Crippen LogP contribution in [0.4, 0.5) is 11.4 Å². The van der Waals surface area contributed by atoms with Crippen molar-refractivity contribution in [3.8, 4) is 11.3 Å². The average molecular weight is 461 g/mol. The molecule has 8 nitrogen and oxygen atoms in total. The summed E-state index contributed by atoms with van der Waals surface area (Å²) < 4.78 is 1.07. The first-order valence-electron chi connectivity index (χ1n) is 11.0. The molecule has 2 aromatic carbocycles. The highest BCUT2D eigenvalue weighted by Crippen LogP contribution is 2.21. The third kappa shape index (κ3) is 5.64. The zero-order valence-corrected chi connectivity index (χ0v) is 19.9. The maximum absolute atomic E-state index is 13.2. The van der Waals surface area contributed by atoms with Crippen LogP contribution in [0.15, 0.2) is 59.4 Å². The van der Waals surface area contributed by atoms with Crippen molar-refractivity contribution in [2.75, 3.05) is 10.6 Å². The lowest BCUT2D eigenvalue weighted by Crippen LogP contribution is -2.36. The second kappa shape index (κ2) is 10.2. The number of carbonyl (C=O) groups excluding carboxylic acids is 3. The number of aryl methyl sites for hydroxylation is 1. The fourth-order valence-corrected chi connectivity index (χ4v) is 3.15. The molecular formula is C26H28N4O4. The van der Waals surface area contributed by atoms with Crippen LogP contribution in [-0.4, -0.2) is 27.4 Å². The lowest BCUT2D eigenvalue weighted by atomic mass is 10.1. The Morgan fingerprint density at radius 1 is 0.882 bits per heavy atom. The Balaban J connectivity index is 1.98. The number of carbonyl (C=O) groups is 3. The van der Waals surface area contributed by atoms with Gasteiger partial charge in [-0.05, 0) is 51.1 Å². The summed E-state index contributed by atoms with van der Waals surface area (Å²) in [6, 6.07) is 14.6. The third-order valence-electron chi connectivity index (χ3n) is 5.37. The fraction of sp³-hybridized carbons (Fsp3) is 0.269. The van der Waals surface area contributed by atoms with Crippen LogP contribution in [0.1, 0.15) is 49.7 Å². The van der Waals surface area contributed by atoms with Gasteiger partial charge in [0.15, 0.2) is 5.78 Å². The first kappa shape index (κ1) is 24.6. The average Bonchev–Trinajstić information content (AvgIpc) is 2.80. The van der Waals surface area contributed by atoms with E-state index in [4.69, 9.17) is 0 Å². The normalized spacial score (nSPS) is 11.7. The van der Waals surface area contributed by atoms with Gasteiger partial charge in [0.2, 0.25) is 11.8 Å². The van der Waals surface area contributed by atoms with Gasteiger partial charge in [0.1, 0.15) is 11.7 Å². The molecule has 0 aliphatic rings. The zero-order valence-electron chi connectivity index (χ0n) is 19.9. The summed E-state index contributed by atoms with van der Waals surface area (Å²) in [5, 5.41) is 9.83. The van der Waals surface area contributed by atoms with Crippen LogP contribution in [0.25, 0.3) is 11.3 Å². The molecule has 0 aliphatic carbocycles. The molecule has 0 saturated carbocycles. The number of Topliss-reactive ketones (excluding diaryl/α,β-unsaturated/α-hetero) is 1. The number of anilines is 2. The Bertz CT molecular complexity index is 1280. The van der Waals surface area contributed by atoms with E-state index in [2.05, 4.69) is 15.7 Å². The monoisotopic (exact) mass is 460 g/mol. The van der Waals surface area contributed by atoms with E-state index in [0.717, 1.165) is 15.8 Å². The Labute approximate surface area is 198 Å². The molecular weight excluding hydrogens is 432 g/mol. The largest absolute Gasteiger partial charge is 0.324 e. The van der Waals surface area contributed by atoms with E-state index in [-0.39, 0.29) is 23.3 Å². The fourth-order valence-electron chi connectivity index (χ4n) is 3.15. The second-order valence-electron chi connectivity index (χ2n) is 8.50. The summed E-state index contributed by atoms with van der Waals surface area (Å²) in [6.07, 6.45) is 0. The minimum absolute atomic E-state index is 0.0507. The number of aromatic nitrogens is 2. The topological polar surface area (TPSA) is 110 Å². The molecule has 3 aromatic rings. The highest BCUT2D eigenvalue weighted by atomic mass is 16.2. The summed E-state index contributed by atoms with van der Waals surface area (Å²) in [6.45, 7) is 8.43. The van der Waals surface area contributed by atoms with E-state index in [1.807, 2.05) is 31.2 Å². The van der Waals surface area contributed by atoms with Crippen molar-refractivity contribution in [1.82, 2.24) is 9.78 Å². The minimum atomic E-state index is -0.972. The van der Waals surface area contributed by atoms with Crippen molar-refractivity contribution in [3.05, 3.63) is 76.1 Å². The predicted octanol–water partition coefficient (Wildman–Crippen LogP) is 4.22. The van der Waals surface area contributed by atoms with Crippen molar-refractivity contribution >= 4 is 29.0 Å². The molecule has 1 atom stereocenters. The summed E-state index contributed by atoms with van der Waals surface area (Å²) in [7, 11) is 0. The van der Waals surface area contributed by atoms with Gasteiger partial charge in [-0.1, -0.05) is 43.7 Å². The molecule has 0 bridgehead atoms. The van der Waals surface area contributed by atoms with Gasteiger partial charge < -0.3 is 10.6 Å². The summed E-state index contributed by atoms with van der Waals surface area (Å²) in [5.74, 6) is -1.19. The Morgan fingerprint density at radius 3 is 2.06 bits per heavy atom. The Hall–Kier alpha value is -4.07. The zero-order chi connectivity index (χ0) is 25.0. The summed E-state index contributed by atoms with van der Waals surface area (Å²) >= 11 is 0. The van der Waals surface area contributed by atoms with E-state index in [0.29, 0.717) is 16.9 Å². The van der Waals surface area contributed by atoms with Crippen LogP contribution in [0, 0.1) is 12.8 Å². The minimum Gasteiger partial charge on any atom is -0.324 e. The molecule has 3 rings (SSSR count). The highest BCUT2D eigenvalue weighted by molar-refractivity contribution is 5.96. The van der Waals surface area contributed by atoms with E-state index in [1.165, 1.54) is 13.0 Å². The number of amides is 2. The molecule has 34 heavy (non-hydrogen) atoms. The van der Waals surface area contributed by atoms with Crippen molar-refractivity contribution in [3.63, 3.8) is 0 Å². The standard InChI is InChI=1S/C26H28N4O4/c1-15(2)24(32)28-23-14-22(20-8-6-16(3)7-9-20)29-30(26(23)34)17(4)25(33)27-21-12-10-19(11-13-21)18(5)31/h6-15,17H,1-5H3,(H,27,33)(H,28,32). The van der Waals surface area contributed by atoms with Crippen molar-refractivity contribution in [2.24, 2.45) is 5.92 Å². The van der Waals surface area contributed by atoms with E-state index >= 15 is 0 Å². The molecule has 0 fully saturated rings. The molecule has 0 saturated heterocycles. The molecule has 0 radical (unpaired) electrons. The van der Waals surface area contributed by atoms with Crippen LogP contribution in [-0.2, 0) is 9.59 Å². The van der Waals surface area contributed by atoms with Crippen LogP contribution < -0.4 is 16.2 Å². The van der Waals surface area contributed by atoms with Crippen LogP contribution in [0.5, 0.6) is 0 Å². The predicted molar refractivity (Wildman–Crippen MR) is 132 cm³/mol. The van der Waals surface area contributed by atoms with E-state index in [9.17, 15) is 19.2 Å². The molecule has 8 heteroatoms. The molecule has 0 spiro atoms. The molecule has 1 aromatic heterocycles. The number of rotatable bonds is 7. The lowest BCUT2D eigenvalue weighted by molar-refractivity contribution is -0.119. The van der Waals surface area contributed by atoms with Gasteiger partial charge in [0.05, 0.1) is 5.69 Å². The molecule has 1 unspecified atom stereocenters. The van der Waals surface area contributed by atoms with Gasteiger partial charge in [-0.15, -0.1) is 0 Å². The Morgan fingerprint density at radius 2 is 1.50 bits per heavy atom.